The third-order valence-corrected chi connectivity index (χ3v) is 1.80. The summed E-state index contributed by atoms with van der Waals surface area (Å²) < 4.78 is 50.9. The average Bonchev–Trinajstić information content (AvgIpc) is 1.94. The van der Waals surface area contributed by atoms with Gasteiger partial charge in [0.15, 0.2) is 0 Å². The number of aromatic nitrogens is 1. The van der Waals surface area contributed by atoms with Gasteiger partial charge in [-0.25, -0.2) is 0 Å². The van der Waals surface area contributed by atoms with Gasteiger partial charge in [-0.15, -0.1) is 13.2 Å². The first kappa shape index (κ1) is 10.5. The van der Waals surface area contributed by atoms with Gasteiger partial charge in [0.1, 0.15) is 0 Å². The second kappa shape index (κ2) is 3.64. The molecule has 0 aromatic carbocycles. The normalized spacial score (nSPS) is 11.5. The van der Waals surface area contributed by atoms with E-state index in [2.05, 4.69) is 9.72 Å². The molecule has 0 saturated carbocycles. The quantitative estimate of drug-likeness (QED) is 0.452. The molecule has 0 bridgehead atoms. The molecule has 13 heavy (non-hydrogen) atoms. The van der Waals surface area contributed by atoms with E-state index in [0.717, 1.165) is 12.1 Å². The Labute approximate surface area is 84.1 Å². The van der Waals surface area contributed by atoms with Gasteiger partial charge in [-0.05, 0) is 28.7 Å². The fourth-order valence-corrected chi connectivity index (χ4v) is 0.876. The van der Waals surface area contributed by atoms with Gasteiger partial charge in [0.2, 0.25) is 11.8 Å². The van der Waals surface area contributed by atoms with Crippen LogP contribution in [0.3, 0.4) is 0 Å². The van der Waals surface area contributed by atoms with Gasteiger partial charge in [-0.2, -0.15) is 9.37 Å². The molecular formula is C6H2F4INO. The van der Waals surface area contributed by atoms with E-state index in [4.69, 9.17) is 0 Å². The van der Waals surface area contributed by atoms with Crippen molar-refractivity contribution in [3.05, 3.63) is 21.7 Å². The van der Waals surface area contributed by atoms with Crippen LogP contribution in [0.2, 0.25) is 0 Å². The molecule has 0 atom stereocenters. The van der Waals surface area contributed by atoms with Crippen LogP contribution in [0.5, 0.6) is 5.88 Å². The average molecular weight is 307 g/mol. The number of pyridine rings is 1. The van der Waals surface area contributed by atoms with Crippen LogP contribution in [0, 0.1) is 9.52 Å². The maximum atomic E-state index is 12.6. The summed E-state index contributed by atoms with van der Waals surface area (Å²) >= 11 is 1.60. The Morgan fingerprint density at radius 2 is 1.92 bits per heavy atom. The number of halogens is 5. The topological polar surface area (TPSA) is 22.1 Å². The van der Waals surface area contributed by atoms with Gasteiger partial charge in [-0.3, -0.25) is 0 Å². The highest BCUT2D eigenvalue weighted by molar-refractivity contribution is 14.1. The zero-order valence-corrected chi connectivity index (χ0v) is 8.06. The zero-order chi connectivity index (χ0) is 10.1. The zero-order valence-electron chi connectivity index (χ0n) is 5.90. The van der Waals surface area contributed by atoms with Gasteiger partial charge < -0.3 is 4.74 Å². The molecule has 0 aliphatic carbocycles. The Hall–Kier alpha value is -0.600. The summed E-state index contributed by atoms with van der Waals surface area (Å²) in [6, 6.07) is 2.09. The van der Waals surface area contributed by atoms with Gasteiger partial charge in [0, 0.05) is 6.07 Å². The van der Waals surface area contributed by atoms with Crippen molar-refractivity contribution < 1.29 is 22.3 Å². The number of hydrogen-bond donors (Lipinski definition) is 0. The summed E-state index contributed by atoms with van der Waals surface area (Å²) in [7, 11) is 0. The molecule has 0 saturated heterocycles. The van der Waals surface area contributed by atoms with Crippen molar-refractivity contribution in [2.75, 3.05) is 0 Å². The molecule has 2 nitrogen and oxygen atoms in total. The smallest absolute Gasteiger partial charge is 0.388 e. The molecule has 0 amide bonds. The van der Waals surface area contributed by atoms with Crippen LogP contribution in [0.4, 0.5) is 17.6 Å². The minimum Gasteiger partial charge on any atom is -0.388 e. The SMILES string of the molecule is Fc1nc(OC(F)(F)F)ccc1I. The molecule has 0 unspecified atom stereocenters. The molecule has 1 rings (SSSR count). The molecule has 0 radical (unpaired) electrons. The molecule has 0 fully saturated rings. The van der Waals surface area contributed by atoms with Crippen LogP contribution in [0.15, 0.2) is 12.1 Å². The highest BCUT2D eigenvalue weighted by Gasteiger charge is 2.31. The summed E-state index contributed by atoms with van der Waals surface area (Å²) in [5.41, 5.74) is 0. The summed E-state index contributed by atoms with van der Waals surface area (Å²) in [6.07, 6.45) is -4.84. The fraction of sp³-hybridized carbons (Fsp3) is 0.167. The molecule has 1 heterocycles. The number of nitrogens with zero attached hydrogens (tertiary/aromatic N) is 1. The third-order valence-electron chi connectivity index (χ3n) is 0.998. The Bertz CT molecular complexity index is 314. The first-order valence-corrected chi connectivity index (χ1v) is 4.04. The van der Waals surface area contributed by atoms with Gasteiger partial charge in [0.25, 0.3) is 0 Å². The van der Waals surface area contributed by atoms with E-state index in [1.165, 1.54) is 0 Å². The van der Waals surface area contributed by atoms with Crippen molar-refractivity contribution >= 4 is 22.6 Å². The highest BCUT2D eigenvalue weighted by atomic mass is 127. The van der Waals surface area contributed by atoms with Crippen molar-refractivity contribution in [1.82, 2.24) is 4.98 Å². The molecule has 0 aliphatic rings. The highest BCUT2D eigenvalue weighted by Crippen LogP contribution is 2.21. The second-order valence-electron chi connectivity index (χ2n) is 1.97. The van der Waals surface area contributed by atoms with Crippen molar-refractivity contribution in [2.24, 2.45) is 0 Å². The van der Waals surface area contributed by atoms with Crippen LogP contribution in [-0.2, 0) is 0 Å². The fourth-order valence-electron chi connectivity index (χ4n) is 0.576. The van der Waals surface area contributed by atoms with E-state index in [1.807, 2.05) is 0 Å². The molecule has 0 aliphatic heterocycles. The van der Waals surface area contributed by atoms with Gasteiger partial charge >= 0.3 is 6.36 Å². The summed E-state index contributed by atoms with van der Waals surface area (Å²) in [5, 5.41) is 0. The van der Waals surface area contributed by atoms with Crippen LogP contribution in [0.1, 0.15) is 0 Å². The lowest BCUT2D eigenvalue weighted by molar-refractivity contribution is -0.276. The van der Waals surface area contributed by atoms with Crippen LogP contribution < -0.4 is 4.74 Å². The first-order valence-electron chi connectivity index (χ1n) is 2.96. The predicted molar refractivity (Wildman–Crippen MR) is 43.6 cm³/mol. The summed E-state index contributed by atoms with van der Waals surface area (Å²) in [6.45, 7) is 0. The number of ether oxygens (including phenoxy) is 1. The van der Waals surface area contributed by atoms with Crippen molar-refractivity contribution in [3.63, 3.8) is 0 Å². The lowest BCUT2D eigenvalue weighted by Gasteiger charge is -2.07. The van der Waals surface area contributed by atoms with Crippen molar-refractivity contribution in [2.45, 2.75) is 6.36 Å². The molecule has 0 spiro atoms. The standard InChI is InChI=1S/C6H2F4INO/c7-5-3(11)1-2-4(12-5)13-6(8,9)10/h1-2H. The molecular weight excluding hydrogens is 305 g/mol. The maximum absolute atomic E-state index is 12.6. The summed E-state index contributed by atoms with van der Waals surface area (Å²) in [4.78, 5) is 2.94. The lowest BCUT2D eigenvalue weighted by Crippen LogP contribution is -2.18. The Kier molecular flexibility index (Phi) is 2.94. The van der Waals surface area contributed by atoms with Crippen LogP contribution in [-0.4, -0.2) is 11.3 Å². The second-order valence-corrected chi connectivity index (χ2v) is 3.13. The Morgan fingerprint density at radius 3 is 2.38 bits per heavy atom. The van der Waals surface area contributed by atoms with E-state index in [1.54, 1.807) is 22.6 Å². The molecule has 1 aromatic heterocycles. The largest absolute Gasteiger partial charge is 0.574 e. The number of alkyl halides is 3. The number of hydrogen-bond acceptors (Lipinski definition) is 2. The monoisotopic (exact) mass is 307 g/mol. The minimum atomic E-state index is -4.84. The number of rotatable bonds is 1. The Morgan fingerprint density at radius 1 is 1.31 bits per heavy atom. The van der Waals surface area contributed by atoms with Crippen LogP contribution >= 0.6 is 22.6 Å². The van der Waals surface area contributed by atoms with Crippen molar-refractivity contribution in [3.8, 4) is 5.88 Å². The predicted octanol–water partition coefficient (Wildman–Crippen LogP) is 2.72. The van der Waals surface area contributed by atoms with E-state index >= 15 is 0 Å². The van der Waals surface area contributed by atoms with E-state index in [9.17, 15) is 17.6 Å². The van der Waals surface area contributed by atoms with E-state index in [0.29, 0.717) is 0 Å². The Balaban J connectivity index is 2.86. The van der Waals surface area contributed by atoms with Gasteiger partial charge in [0.05, 0.1) is 3.57 Å². The lowest BCUT2D eigenvalue weighted by atomic mass is 10.5. The third kappa shape index (κ3) is 3.33. The van der Waals surface area contributed by atoms with Crippen molar-refractivity contribution in [1.29, 1.82) is 0 Å². The van der Waals surface area contributed by atoms with E-state index in [-0.39, 0.29) is 3.57 Å². The maximum Gasteiger partial charge on any atom is 0.574 e. The molecule has 7 heteroatoms. The van der Waals surface area contributed by atoms with E-state index < -0.39 is 18.2 Å². The summed E-state index contributed by atoms with van der Waals surface area (Å²) in [5.74, 6) is -1.78. The molecule has 0 N–H and O–H groups in total. The van der Waals surface area contributed by atoms with Gasteiger partial charge in [-0.1, -0.05) is 0 Å². The van der Waals surface area contributed by atoms with Crippen LogP contribution in [0.25, 0.3) is 0 Å². The molecule has 1 aromatic rings. The molecule has 72 valence electrons. The first-order chi connectivity index (χ1) is 5.88. The minimum absolute atomic E-state index is 0.132.